The molecular weight excluding hydrogens is 132 g/mol. The van der Waals surface area contributed by atoms with E-state index in [-0.39, 0.29) is 0 Å². The highest BCUT2D eigenvalue weighted by molar-refractivity contribution is 4.47. The molecule has 0 fully saturated rings. The van der Waals surface area contributed by atoms with Crippen LogP contribution in [0.1, 0.15) is 61.3 Å². The molecule has 0 heteroatoms. The Kier molecular flexibility index (Phi) is 8.26. The molecule has 0 atom stereocenters. The smallest absolute Gasteiger partial charge is 0.0411 e. The molecule has 0 aliphatic carbocycles. The van der Waals surface area contributed by atoms with Crippen molar-refractivity contribution in [3.63, 3.8) is 0 Å². The van der Waals surface area contributed by atoms with Gasteiger partial charge in [0.2, 0.25) is 0 Å². The summed E-state index contributed by atoms with van der Waals surface area (Å²) >= 11 is 0. The number of hydrogen-bond donors (Lipinski definition) is 0. The predicted molar refractivity (Wildman–Crippen MR) is 54.9 cm³/mol. The molecule has 0 saturated carbocycles. The minimum absolute atomic E-state index is 0.500. The Balaban J connectivity index is 0. The van der Waals surface area contributed by atoms with Gasteiger partial charge in [0.25, 0.3) is 0 Å². The van der Waals surface area contributed by atoms with E-state index in [1.165, 1.54) is 12.8 Å². The number of rotatable bonds is 2. The third-order valence-electron chi connectivity index (χ3n) is 0.866. The molecule has 0 heterocycles. The molecule has 0 nitrogen and oxygen atoms in total. The predicted octanol–water partition coefficient (Wildman–Crippen LogP) is 4.49. The highest BCUT2D eigenvalue weighted by Gasteiger charge is 1.95. The summed E-state index contributed by atoms with van der Waals surface area (Å²) in [5.74, 6) is 0.898. The van der Waals surface area contributed by atoms with Gasteiger partial charge in [0.15, 0.2) is 0 Å². The molecule has 0 rings (SSSR count). The molecule has 0 aromatic heterocycles. The van der Waals surface area contributed by atoms with E-state index in [1.54, 1.807) is 0 Å². The van der Waals surface area contributed by atoms with Gasteiger partial charge in [-0.1, -0.05) is 61.3 Å². The van der Waals surface area contributed by atoms with Crippen LogP contribution >= 0.6 is 0 Å². The molecular formula is C11H26. The van der Waals surface area contributed by atoms with Gasteiger partial charge < -0.3 is 0 Å². The molecule has 0 N–H and O–H groups in total. The lowest BCUT2D eigenvalue weighted by Crippen LogP contribution is -1.93. The maximum atomic E-state index is 2.25. The van der Waals surface area contributed by atoms with Crippen LogP contribution in [0.5, 0.6) is 0 Å². The van der Waals surface area contributed by atoms with Crippen LogP contribution < -0.4 is 0 Å². The SMILES string of the molecule is CC(C)(C)C.CCCC(C)C. The van der Waals surface area contributed by atoms with E-state index < -0.39 is 0 Å². The maximum absolute atomic E-state index is 2.25. The van der Waals surface area contributed by atoms with E-state index in [4.69, 9.17) is 0 Å². The first-order valence-corrected chi connectivity index (χ1v) is 4.77. The third kappa shape index (κ3) is 71.1. The molecule has 0 aromatic rings. The molecule has 0 radical (unpaired) electrons. The summed E-state index contributed by atoms with van der Waals surface area (Å²) in [6.07, 6.45) is 2.71. The molecule has 0 unspecified atom stereocenters. The van der Waals surface area contributed by atoms with Crippen molar-refractivity contribution in [1.82, 2.24) is 0 Å². The molecule has 0 aromatic carbocycles. The Bertz CT molecular complexity index is 58.6. The van der Waals surface area contributed by atoms with Crippen LogP contribution in [0.2, 0.25) is 0 Å². The van der Waals surface area contributed by atoms with Crippen molar-refractivity contribution in [1.29, 1.82) is 0 Å². The van der Waals surface area contributed by atoms with Gasteiger partial charge in [-0.15, -0.1) is 0 Å². The largest absolute Gasteiger partial charge is 0.0654 e. The zero-order valence-electron chi connectivity index (χ0n) is 9.49. The zero-order valence-corrected chi connectivity index (χ0v) is 9.49. The Morgan fingerprint density at radius 3 is 1.27 bits per heavy atom. The number of hydrogen-bond acceptors (Lipinski definition) is 0. The Morgan fingerprint density at radius 1 is 1.00 bits per heavy atom. The van der Waals surface area contributed by atoms with Crippen molar-refractivity contribution in [3.05, 3.63) is 0 Å². The van der Waals surface area contributed by atoms with Crippen molar-refractivity contribution in [2.45, 2.75) is 61.3 Å². The van der Waals surface area contributed by atoms with Crippen molar-refractivity contribution >= 4 is 0 Å². The zero-order chi connectivity index (χ0) is 9.49. The molecule has 70 valence electrons. The normalized spacial score (nSPS) is 10.9. The molecule has 0 aliphatic rings. The molecule has 0 amide bonds. The molecule has 0 saturated heterocycles. The molecule has 0 aliphatic heterocycles. The average molecular weight is 158 g/mol. The van der Waals surface area contributed by atoms with Crippen LogP contribution in [-0.2, 0) is 0 Å². The van der Waals surface area contributed by atoms with Crippen molar-refractivity contribution in [3.8, 4) is 0 Å². The highest BCUT2D eigenvalue weighted by Crippen LogP contribution is 2.08. The van der Waals surface area contributed by atoms with Crippen LogP contribution in [-0.4, -0.2) is 0 Å². The lowest BCUT2D eigenvalue weighted by molar-refractivity contribution is 0.469. The van der Waals surface area contributed by atoms with Gasteiger partial charge >= 0.3 is 0 Å². The van der Waals surface area contributed by atoms with Crippen LogP contribution in [0.3, 0.4) is 0 Å². The van der Waals surface area contributed by atoms with Gasteiger partial charge in [-0.05, 0) is 11.3 Å². The van der Waals surface area contributed by atoms with Crippen LogP contribution in [0.15, 0.2) is 0 Å². The van der Waals surface area contributed by atoms with Gasteiger partial charge in [-0.2, -0.15) is 0 Å². The highest BCUT2D eigenvalue weighted by atomic mass is 14.0. The standard InChI is InChI=1S/C6H14.C5H12/c1-4-5-6(2)3;1-5(2,3)4/h6H,4-5H2,1-3H3;1-4H3. The van der Waals surface area contributed by atoms with Gasteiger partial charge in [0.1, 0.15) is 0 Å². The van der Waals surface area contributed by atoms with Gasteiger partial charge in [0, 0.05) is 0 Å². The second-order valence-corrected chi connectivity index (χ2v) is 5.18. The summed E-state index contributed by atoms with van der Waals surface area (Å²) in [5.41, 5.74) is 0.500. The summed E-state index contributed by atoms with van der Waals surface area (Å²) in [5, 5.41) is 0. The second kappa shape index (κ2) is 6.69. The molecule has 0 bridgehead atoms. The van der Waals surface area contributed by atoms with Crippen LogP contribution in [0.25, 0.3) is 0 Å². The fraction of sp³-hybridized carbons (Fsp3) is 1.00. The first kappa shape index (κ1) is 13.6. The van der Waals surface area contributed by atoms with E-state index in [0.717, 1.165) is 5.92 Å². The van der Waals surface area contributed by atoms with Gasteiger partial charge in [-0.25, -0.2) is 0 Å². The topological polar surface area (TPSA) is 0 Å². The quantitative estimate of drug-likeness (QED) is 0.555. The summed E-state index contributed by atoms with van der Waals surface area (Å²) in [6.45, 7) is 15.5. The van der Waals surface area contributed by atoms with Crippen LogP contribution in [0.4, 0.5) is 0 Å². The summed E-state index contributed by atoms with van der Waals surface area (Å²) in [7, 11) is 0. The van der Waals surface area contributed by atoms with Gasteiger partial charge in [-0.3, -0.25) is 0 Å². The lowest BCUT2D eigenvalue weighted by atomic mass is 10.0. The molecule has 11 heavy (non-hydrogen) atoms. The van der Waals surface area contributed by atoms with E-state index in [0.29, 0.717) is 5.41 Å². The first-order valence-electron chi connectivity index (χ1n) is 4.77. The maximum Gasteiger partial charge on any atom is -0.0411 e. The summed E-state index contributed by atoms with van der Waals surface area (Å²) in [6, 6.07) is 0. The average Bonchev–Trinajstić information content (AvgIpc) is 1.58. The monoisotopic (exact) mass is 158 g/mol. The fourth-order valence-electron chi connectivity index (χ4n) is 0.577. The minimum atomic E-state index is 0.500. The van der Waals surface area contributed by atoms with Gasteiger partial charge in [0.05, 0.1) is 0 Å². The van der Waals surface area contributed by atoms with E-state index in [2.05, 4.69) is 48.5 Å². The van der Waals surface area contributed by atoms with Crippen molar-refractivity contribution < 1.29 is 0 Å². The molecule has 0 spiro atoms. The Labute approximate surface area is 73.4 Å². The van der Waals surface area contributed by atoms with E-state index in [9.17, 15) is 0 Å². The van der Waals surface area contributed by atoms with E-state index >= 15 is 0 Å². The Hall–Kier alpha value is 0. The Morgan fingerprint density at radius 2 is 1.27 bits per heavy atom. The first-order chi connectivity index (χ1) is 4.77. The van der Waals surface area contributed by atoms with Crippen molar-refractivity contribution in [2.24, 2.45) is 11.3 Å². The third-order valence-corrected chi connectivity index (χ3v) is 0.866. The minimum Gasteiger partial charge on any atom is -0.0654 e. The van der Waals surface area contributed by atoms with E-state index in [1.807, 2.05) is 0 Å². The fourth-order valence-corrected chi connectivity index (χ4v) is 0.577. The summed E-state index contributed by atoms with van der Waals surface area (Å²) < 4.78 is 0. The lowest BCUT2D eigenvalue weighted by Gasteiger charge is -2.05. The second-order valence-electron chi connectivity index (χ2n) is 5.18. The van der Waals surface area contributed by atoms with Crippen molar-refractivity contribution in [2.75, 3.05) is 0 Å². The van der Waals surface area contributed by atoms with Crippen LogP contribution in [0, 0.1) is 11.3 Å². The summed E-state index contributed by atoms with van der Waals surface area (Å²) in [4.78, 5) is 0.